The number of benzene rings is 1. The Morgan fingerprint density at radius 1 is 1.18 bits per heavy atom. The van der Waals surface area contributed by atoms with Crippen LogP contribution in [0.4, 0.5) is 10.3 Å². The third-order valence-corrected chi connectivity index (χ3v) is 8.39. The van der Waals surface area contributed by atoms with Crippen molar-refractivity contribution >= 4 is 21.9 Å². The van der Waals surface area contributed by atoms with E-state index in [1.54, 1.807) is 11.0 Å². The van der Waals surface area contributed by atoms with Gasteiger partial charge < -0.3 is 14.2 Å². The molecule has 0 saturated heterocycles. The van der Waals surface area contributed by atoms with E-state index >= 15 is 4.39 Å². The number of aromatic nitrogens is 4. The van der Waals surface area contributed by atoms with E-state index < -0.39 is 16.1 Å². The highest BCUT2D eigenvalue weighted by atomic mass is 32.2. The third kappa shape index (κ3) is 5.28. The van der Waals surface area contributed by atoms with Gasteiger partial charge in [0.15, 0.2) is 12.4 Å². The summed E-state index contributed by atoms with van der Waals surface area (Å²) < 4.78 is 49.2. The molecule has 1 N–H and O–H groups in total. The fraction of sp³-hybridized carbons (Fsp3) is 0.500. The second-order valence-electron chi connectivity index (χ2n) is 10.8. The van der Waals surface area contributed by atoms with Crippen LogP contribution < -0.4 is 9.46 Å². The zero-order valence-corrected chi connectivity index (χ0v) is 23.5. The van der Waals surface area contributed by atoms with Gasteiger partial charge in [-0.3, -0.25) is 9.52 Å². The molecule has 12 heteroatoms. The number of ether oxygens (including phenoxy) is 1. The highest BCUT2D eigenvalue weighted by molar-refractivity contribution is 7.91. The summed E-state index contributed by atoms with van der Waals surface area (Å²) in [5, 5.41) is 0. The number of aryl methyl sites for hydroxylation is 2. The van der Waals surface area contributed by atoms with Crippen LogP contribution in [0.25, 0.3) is 0 Å². The fourth-order valence-corrected chi connectivity index (χ4v) is 6.22. The number of carbonyl (C=O) groups is 1. The van der Waals surface area contributed by atoms with E-state index in [9.17, 15) is 13.2 Å². The zero-order valence-electron chi connectivity index (χ0n) is 22.7. The van der Waals surface area contributed by atoms with Crippen molar-refractivity contribution in [1.29, 1.82) is 0 Å². The molecule has 1 amide bonds. The molecule has 0 spiro atoms. The van der Waals surface area contributed by atoms with Crippen LogP contribution in [0.15, 0.2) is 24.4 Å². The van der Waals surface area contributed by atoms with Crippen molar-refractivity contribution in [2.24, 2.45) is 0 Å². The highest BCUT2D eigenvalue weighted by Crippen LogP contribution is 2.43. The van der Waals surface area contributed by atoms with Gasteiger partial charge in [-0.25, -0.2) is 27.8 Å². The minimum absolute atomic E-state index is 0.0581. The lowest BCUT2D eigenvalue weighted by atomic mass is 9.93. The van der Waals surface area contributed by atoms with E-state index in [0.717, 1.165) is 67.7 Å². The fourth-order valence-electron chi connectivity index (χ4n) is 5.79. The summed E-state index contributed by atoms with van der Waals surface area (Å²) in [4.78, 5) is 28.6. The van der Waals surface area contributed by atoms with Gasteiger partial charge in [-0.15, -0.1) is 0 Å². The molecule has 1 atom stereocenters. The maximum absolute atomic E-state index is 15.7. The number of halogens is 1. The molecular formula is C28H33FN6O4S. The van der Waals surface area contributed by atoms with Gasteiger partial charge in [-0.2, -0.15) is 0 Å². The summed E-state index contributed by atoms with van der Waals surface area (Å²) in [6.45, 7) is 2.76. The Morgan fingerprint density at radius 3 is 2.73 bits per heavy atom. The standard InChI is InChI=1S/C28H33FN6O4S/c1-3-21-23(15-30-28(32-21)33-40(2,37)38)39-16-25(36)35-13-11-22-27(34-12-5-4-6-24(34)31-22)26(35)19-10-9-18(14-20(19)29)17-7-8-17/h9-10,14-15,17,26H,3-8,11-13,16H2,1-2H3,(H,30,32,33). The van der Waals surface area contributed by atoms with Gasteiger partial charge in [-0.1, -0.05) is 19.1 Å². The van der Waals surface area contributed by atoms with Gasteiger partial charge in [0, 0.05) is 31.5 Å². The Labute approximate surface area is 233 Å². The van der Waals surface area contributed by atoms with Crippen LogP contribution in [-0.4, -0.2) is 58.2 Å². The van der Waals surface area contributed by atoms with Crippen molar-refractivity contribution in [2.45, 2.75) is 70.4 Å². The van der Waals surface area contributed by atoms with Crippen LogP contribution >= 0.6 is 0 Å². The molecule has 10 nitrogen and oxygen atoms in total. The van der Waals surface area contributed by atoms with E-state index in [4.69, 9.17) is 9.72 Å². The van der Waals surface area contributed by atoms with Crippen molar-refractivity contribution in [3.63, 3.8) is 0 Å². The average molecular weight is 569 g/mol. The Morgan fingerprint density at radius 2 is 2.00 bits per heavy atom. The topological polar surface area (TPSA) is 119 Å². The number of hydrogen-bond acceptors (Lipinski definition) is 7. The van der Waals surface area contributed by atoms with E-state index in [2.05, 4.69) is 19.3 Å². The first kappa shape index (κ1) is 26.7. The summed E-state index contributed by atoms with van der Waals surface area (Å²) >= 11 is 0. The molecule has 2 aromatic heterocycles. The Balaban J connectivity index is 1.30. The summed E-state index contributed by atoms with van der Waals surface area (Å²) in [6, 6.07) is 4.86. The van der Waals surface area contributed by atoms with Crippen LogP contribution in [0.3, 0.4) is 0 Å². The number of nitrogens with zero attached hydrogens (tertiary/aromatic N) is 5. The van der Waals surface area contributed by atoms with Crippen molar-refractivity contribution in [3.8, 4) is 5.75 Å². The summed E-state index contributed by atoms with van der Waals surface area (Å²) in [5.41, 5.74) is 3.79. The molecule has 1 unspecified atom stereocenters. The first-order valence-corrected chi connectivity index (χ1v) is 15.7. The van der Waals surface area contributed by atoms with Crippen molar-refractivity contribution < 1.29 is 22.3 Å². The summed E-state index contributed by atoms with van der Waals surface area (Å²) in [7, 11) is -3.54. The van der Waals surface area contributed by atoms with Gasteiger partial charge in [0.05, 0.1) is 29.5 Å². The predicted octanol–water partition coefficient (Wildman–Crippen LogP) is 3.51. The molecule has 3 aromatic rings. The first-order valence-electron chi connectivity index (χ1n) is 13.8. The lowest BCUT2D eigenvalue weighted by Gasteiger charge is -2.37. The molecule has 1 aliphatic carbocycles. The number of nitrogens with one attached hydrogen (secondary N) is 1. The lowest BCUT2D eigenvalue weighted by molar-refractivity contribution is -0.135. The van der Waals surface area contributed by atoms with Crippen LogP contribution in [0, 0.1) is 5.82 Å². The number of fused-ring (bicyclic) bond motifs is 3. The number of hydrogen-bond donors (Lipinski definition) is 1. The van der Waals surface area contributed by atoms with E-state index in [0.29, 0.717) is 42.3 Å². The zero-order chi connectivity index (χ0) is 28.0. The Hall–Kier alpha value is -3.54. The predicted molar refractivity (Wildman–Crippen MR) is 146 cm³/mol. The maximum Gasteiger partial charge on any atom is 0.261 e. The van der Waals surface area contributed by atoms with Gasteiger partial charge >= 0.3 is 0 Å². The monoisotopic (exact) mass is 568 g/mol. The second-order valence-corrected chi connectivity index (χ2v) is 12.5. The second kappa shape index (κ2) is 10.5. The van der Waals surface area contributed by atoms with Crippen molar-refractivity contribution in [1.82, 2.24) is 24.4 Å². The highest BCUT2D eigenvalue weighted by Gasteiger charge is 2.39. The third-order valence-electron chi connectivity index (χ3n) is 7.83. The summed E-state index contributed by atoms with van der Waals surface area (Å²) in [6.07, 6.45) is 8.56. The number of anilines is 1. The number of rotatable bonds is 8. The minimum atomic E-state index is -3.54. The van der Waals surface area contributed by atoms with Gasteiger partial charge in [0.2, 0.25) is 16.0 Å². The van der Waals surface area contributed by atoms with Crippen LogP contribution in [0.5, 0.6) is 5.75 Å². The Kier molecular flexibility index (Phi) is 6.97. The van der Waals surface area contributed by atoms with Gasteiger partial charge in [0.1, 0.15) is 17.7 Å². The molecule has 1 aromatic carbocycles. The molecule has 40 heavy (non-hydrogen) atoms. The molecule has 3 aliphatic rings. The average Bonchev–Trinajstić information content (AvgIpc) is 3.71. The lowest BCUT2D eigenvalue weighted by Crippen LogP contribution is -2.44. The molecule has 2 aliphatic heterocycles. The molecule has 0 radical (unpaired) electrons. The van der Waals surface area contributed by atoms with Crippen LogP contribution in [0.1, 0.15) is 78.6 Å². The molecular weight excluding hydrogens is 535 g/mol. The van der Waals surface area contributed by atoms with Gasteiger partial charge in [0.25, 0.3) is 5.91 Å². The molecule has 1 fully saturated rings. The minimum Gasteiger partial charge on any atom is -0.480 e. The normalized spacial score (nSPS) is 18.7. The first-order chi connectivity index (χ1) is 19.2. The smallest absolute Gasteiger partial charge is 0.261 e. The molecule has 212 valence electrons. The van der Waals surface area contributed by atoms with Crippen molar-refractivity contribution in [3.05, 3.63) is 64.2 Å². The van der Waals surface area contributed by atoms with E-state index in [1.165, 1.54) is 6.20 Å². The van der Waals surface area contributed by atoms with Crippen LogP contribution in [-0.2, 0) is 40.6 Å². The van der Waals surface area contributed by atoms with Gasteiger partial charge in [-0.05, 0) is 49.7 Å². The number of amides is 1. The quantitative estimate of drug-likeness (QED) is 0.442. The largest absolute Gasteiger partial charge is 0.480 e. The number of imidazole rings is 1. The molecule has 6 rings (SSSR count). The molecule has 1 saturated carbocycles. The van der Waals surface area contributed by atoms with Crippen LogP contribution in [0.2, 0.25) is 0 Å². The van der Waals surface area contributed by atoms with Crippen molar-refractivity contribution in [2.75, 3.05) is 24.1 Å². The molecule has 0 bridgehead atoms. The van der Waals surface area contributed by atoms with E-state index in [1.807, 2.05) is 19.1 Å². The maximum atomic E-state index is 15.7. The van der Waals surface area contributed by atoms with E-state index in [-0.39, 0.29) is 24.3 Å². The Bertz CT molecular complexity index is 1570. The summed E-state index contributed by atoms with van der Waals surface area (Å²) in [5.74, 6) is 1.09. The SMILES string of the molecule is CCc1nc(NS(C)(=O)=O)ncc1OCC(=O)N1CCc2nc3n(c2C1c1ccc(C2CC2)cc1F)CCCC3. The number of sulfonamides is 1. The molecule has 4 heterocycles. The number of carbonyl (C=O) groups excluding carboxylic acids is 1.